The van der Waals surface area contributed by atoms with Crippen molar-refractivity contribution in [1.82, 2.24) is 0 Å². The number of hydrogen-bond donors (Lipinski definition) is 4. The Balaban J connectivity index is 1.23. The van der Waals surface area contributed by atoms with E-state index in [0.29, 0.717) is 22.5 Å². The molecule has 2 amide bonds. The van der Waals surface area contributed by atoms with Crippen molar-refractivity contribution >= 4 is 23.2 Å². The second-order valence-corrected chi connectivity index (χ2v) is 12.0. The van der Waals surface area contributed by atoms with Gasteiger partial charge in [0.05, 0.1) is 0 Å². The van der Waals surface area contributed by atoms with Crippen molar-refractivity contribution in [2.75, 3.05) is 10.6 Å². The lowest BCUT2D eigenvalue weighted by molar-refractivity contribution is 0.102. The molecular formula is C38H36N2O4. The topological polar surface area (TPSA) is 98.7 Å². The minimum Gasteiger partial charge on any atom is -0.508 e. The fraction of sp³-hybridized carbons (Fsp3) is 0.158. The highest BCUT2D eigenvalue weighted by Crippen LogP contribution is 2.34. The van der Waals surface area contributed by atoms with E-state index in [4.69, 9.17) is 0 Å². The molecule has 0 saturated heterocycles. The summed E-state index contributed by atoms with van der Waals surface area (Å²) in [6.07, 6.45) is 0. The summed E-state index contributed by atoms with van der Waals surface area (Å²) < 4.78 is 0. The second kappa shape index (κ2) is 12.1. The Bertz CT molecular complexity index is 1640. The van der Waals surface area contributed by atoms with Gasteiger partial charge in [0.1, 0.15) is 11.5 Å². The van der Waals surface area contributed by atoms with E-state index in [0.717, 1.165) is 22.3 Å². The number of carbonyl (C=O) groups is 2. The molecule has 0 saturated carbocycles. The van der Waals surface area contributed by atoms with E-state index in [9.17, 15) is 19.8 Å². The van der Waals surface area contributed by atoms with E-state index in [1.54, 1.807) is 48.5 Å². The molecular weight excluding hydrogens is 548 g/mol. The molecule has 5 aromatic rings. The van der Waals surface area contributed by atoms with Gasteiger partial charge in [0.2, 0.25) is 0 Å². The maximum atomic E-state index is 13.1. The second-order valence-electron chi connectivity index (χ2n) is 12.0. The van der Waals surface area contributed by atoms with Gasteiger partial charge in [-0.1, -0.05) is 82.3 Å². The number of carbonyl (C=O) groups excluding carboxylic acids is 2. The van der Waals surface area contributed by atoms with Crippen LogP contribution in [0, 0.1) is 0 Å². The summed E-state index contributed by atoms with van der Waals surface area (Å²) in [5, 5.41) is 25.1. The zero-order valence-corrected chi connectivity index (χ0v) is 25.3. The van der Waals surface area contributed by atoms with Gasteiger partial charge in [0.15, 0.2) is 0 Å². The first-order valence-electron chi connectivity index (χ1n) is 14.5. The third-order valence-corrected chi connectivity index (χ3v) is 8.29. The molecule has 0 fully saturated rings. The third kappa shape index (κ3) is 6.50. The molecule has 5 aromatic carbocycles. The first-order chi connectivity index (χ1) is 20.9. The predicted molar refractivity (Wildman–Crippen MR) is 176 cm³/mol. The number of phenolic OH excluding ortho intramolecular Hbond substituents is 2. The molecule has 44 heavy (non-hydrogen) atoms. The van der Waals surface area contributed by atoms with Crippen molar-refractivity contribution in [1.29, 1.82) is 0 Å². The van der Waals surface area contributed by atoms with Crippen LogP contribution in [0.25, 0.3) is 0 Å². The number of amides is 2. The number of benzene rings is 5. The Hall–Kier alpha value is -5.36. The van der Waals surface area contributed by atoms with Gasteiger partial charge in [-0.3, -0.25) is 9.59 Å². The lowest BCUT2D eigenvalue weighted by Gasteiger charge is -2.26. The van der Waals surface area contributed by atoms with Crippen LogP contribution in [0.2, 0.25) is 0 Å². The van der Waals surface area contributed by atoms with Gasteiger partial charge in [0, 0.05) is 33.3 Å². The number of nitrogens with one attached hydrogen (secondary N) is 2. The van der Waals surface area contributed by atoms with Crippen LogP contribution in [0.1, 0.15) is 70.7 Å². The molecule has 0 bridgehead atoms. The van der Waals surface area contributed by atoms with Gasteiger partial charge in [-0.2, -0.15) is 0 Å². The van der Waals surface area contributed by atoms with E-state index in [-0.39, 0.29) is 34.1 Å². The summed E-state index contributed by atoms with van der Waals surface area (Å²) >= 11 is 0. The predicted octanol–water partition coefficient (Wildman–Crippen LogP) is 8.25. The van der Waals surface area contributed by atoms with Crippen LogP contribution in [0.5, 0.6) is 11.5 Å². The first kappa shape index (κ1) is 30.1. The summed E-state index contributed by atoms with van der Waals surface area (Å²) in [5.74, 6) is -0.174. The molecule has 4 N–H and O–H groups in total. The van der Waals surface area contributed by atoms with Crippen LogP contribution in [-0.4, -0.2) is 22.0 Å². The molecule has 0 radical (unpaired) electrons. The lowest BCUT2D eigenvalue weighted by atomic mass is 9.78. The van der Waals surface area contributed by atoms with Crippen molar-refractivity contribution < 1.29 is 19.8 Å². The average Bonchev–Trinajstić information content (AvgIpc) is 3.02. The highest BCUT2D eigenvalue weighted by Gasteiger charge is 2.24. The molecule has 0 aliphatic carbocycles. The number of hydrogen-bond acceptors (Lipinski definition) is 4. The molecule has 0 aliphatic heterocycles. The van der Waals surface area contributed by atoms with Crippen molar-refractivity contribution in [2.24, 2.45) is 0 Å². The van der Waals surface area contributed by atoms with Crippen molar-refractivity contribution in [3.63, 3.8) is 0 Å². The molecule has 0 aromatic heterocycles. The van der Waals surface area contributed by atoms with Gasteiger partial charge in [-0.15, -0.1) is 0 Å². The normalized spacial score (nSPS) is 11.5. The summed E-state index contributed by atoms with van der Waals surface area (Å²) in [5.41, 5.74) is 5.72. The molecule has 5 rings (SSSR count). The fourth-order valence-corrected chi connectivity index (χ4v) is 5.24. The minimum atomic E-state index is -0.314. The summed E-state index contributed by atoms with van der Waals surface area (Å²) in [6.45, 7) is 8.43. The number of anilines is 2. The Labute approximate surface area is 258 Å². The molecule has 6 heteroatoms. The van der Waals surface area contributed by atoms with E-state index in [1.807, 2.05) is 72.8 Å². The fourth-order valence-electron chi connectivity index (χ4n) is 5.24. The first-order valence-corrected chi connectivity index (χ1v) is 14.5. The van der Waals surface area contributed by atoms with Crippen LogP contribution < -0.4 is 10.6 Å². The van der Waals surface area contributed by atoms with Crippen molar-refractivity contribution in [2.45, 2.75) is 38.5 Å². The zero-order chi connectivity index (χ0) is 31.5. The Morgan fingerprint density at radius 1 is 0.477 bits per heavy atom. The molecule has 0 aliphatic rings. The summed E-state index contributed by atoms with van der Waals surface area (Å²) in [4.78, 5) is 26.1. The largest absolute Gasteiger partial charge is 0.508 e. The molecule has 222 valence electrons. The van der Waals surface area contributed by atoms with E-state index < -0.39 is 0 Å². The maximum absolute atomic E-state index is 13.1. The zero-order valence-electron chi connectivity index (χ0n) is 25.3. The molecule has 0 spiro atoms. The average molecular weight is 585 g/mol. The number of aromatic hydroxyl groups is 2. The maximum Gasteiger partial charge on any atom is 0.255 e. The van der Waals surface area contributed by atoms with Crippen LogP contribution in [0.15, 0.2) is 121 Å². The number of phenols is 2. The van der Waals surface area contributed by atoms with Gasteiger partial charge in [-0.25, -0.2) is 0 Å². The minimum absolute atomic E-state index is 0.227. The van der Waals surface area contributed by atoms with Crippen LogP contribution in [-0.2, 0) is 10.8 Å². The molecule has 0 unspecified atom stereocenters. The highest BCUT2D eigenvalue weighted by atomic mass is 16.3. The van der Waals surface area contributed by atoms with Crippen LogP contribution in [0.3, 0.4) is 0 Å². The van der Waals surface area contributed by atoms with Crippen molar-refractivity contribution in [3.05, 3.63) is 155 Å². The van der Waals surface area contributed by atoms with Crippen LogP contribution >= 0.6 is 0 Å². The Kier molecular flexibility index (Phi) is 8.28. The lowest BCUT2D eigenvalue weighted by Crippen LogP contribution is -2.19. The Morgan fingerprint density at radius 2 is 0.773 bits per heavy atom. The van der Waals surface area contributed by atoms with Gasteiger partial charge >= 0.3 is 0 Å². The van der Waals surface area contributed by atoms with E-state index in [2.05, 4.69) is 38.3 Å². The number of rotatable bonds is 8. The van der Waals surface area contributed by atoms with Gasteiger partial charge in [0.25, 0.3) is 11.8 Å². The van der Waals surface area contributed by atoms with Gasteiger partial charge in [-0.05, 0) is 89.0 Å². The highest BCUT2D eigenvalue weighted by molar-refractivity contribution is 6.08. The SMILES string of the molecule is CC(C)(c1ccc(O)cc1)c1ccc(NC(=O)c2cccc(C(=O)Nc3ccc(C(C)(C)c4ccc(O)cc4)cc3)c2)cc1. The molecule has 0 atom stereocenters. The third-order valence-electron chi connectivity index (χ3n) is 8.29. The van der Waals surface area contributed by atoms with Crippen LogP contribution in [0.4, 0.5) is 11.4 Å². The summed E-state index contributed by atoms with van der Waals surface area (Å²) in [7, 11) is 0. The summed E-state index contributed by atoms with van der Waals surface area (Å²) in [6, 6.07) is 36.3. The van der Waals surface area contributed by atoms with E-state index >= 15 is 0 Å². The quantitative estimate of drug-likeness (QED) is 0.148. The smallest absolute Gasteiger partial charge is 0.255 e. The Morgan fingerprint density at radius 3 is 1.09 bits per heavy atom. The standard InChI is InChI=1S/C38H36N2O4/c1-37(2,29-12-20-33(41)21-13-29)27-8-16-31(17-9-27)39-35(43)25-6-5-7-26(24-25)36(44)40-32-18-10-28(11-19-32)38(3,4)30-14-22-34(42)23-15-30/h5-24,41-42H,1-4H3,(H,39,43)(H,40,44). The monoisotopic (exact) mass is 584 g/mol. The van der Waals surface area contributed by atoms with E-state index in [1.165, 1.54) is 0 Å². The van der Waals surface area contributed by atoms with Crippen molar-refractivity contribution in [3.8, 4) is 11.5 Å². The molecule has 6 nitrogen and oxygen atoms in total. The molecule has 0 heterocycles. The van der Waals surface area contributed by atoms with Gasteiger partial charge < -0.3 is 20.8 Å².